The van der Waals surface area contributed by atoms with Gasteiger partial charge in [0, 0.05) is 17.5 Å². The van der Waals surface area contributed by atoms with Crippen LogP contribution in [0.15, 0.2) is 65.9 Å². The lowest BCUT2D eigenvalue weighted by Crippen LogP contribution is -2.48. The first kappa shape index (κ1) is 19.5. The van der Waals surface area contributed by atoms with Gasteiger partial charge in [-0.25, -0.2) is 4.79 Å². The molecule has 144 valence electrons. The van der Waals surface area contributed by atoms with Crippen LogP contribution in [0.2, 0.25) is 0 Å². The van der Waals surface area contributed by atoms with E-state index in [1.807, 2.05) is 30.3 Å². The Morgan fingerprint density at radius 1 is 1.21 bits per heavy atom. The fraction of sp³-hybridized carbons (Fsp3) is 0.200. The van der Waals surface area contributed by atoms with Gasteiger partial charge in [-0.3, -0.25) is 15.0 Å². The van der Waals surface area contributed by atoms with Gasteiger partial charge in [-0.1, -0.05) is 30.3 Å². The SMILES string of the molecule is CCOC(=O)C1=C(C)N(c2ccccc2)C(=S)N[C@@H]1c1ccccc1[N+](=O)[O-]. The van der Waals surface area contributed by atoms with Crippen molar-refractivity contribution in [2.24, 2.45) is 0 Å². The van der Waals surface area contributed by atoms with Crippen LogP contribution in [0.4, 0.5) is 11.4 Å². The van der Waals surface area contributed by atoms with Crippen molar-refractivity contribution in [3.63, 3.8) is 0 Å². The highest BCUT2D eigenvalue weighted by atomic mass is 32.1. The Hall–Kier alpha value is -3.26. The minimum Gasteiger partial charge on any atom is -0.463 e. The van der Waals surface area contributed by atoms with Crippen molar-refractivity contribution >= 4 is 34.7 Å². The number of carbonyl (C=O) groups excluding carboxylic acids is 1. The van der Waals surface area contributed by atoms with E-state index in [0.29, 0.717) is 16.4 Å². The number of carbonyl (C=O) groups is 1. The third kappa shape index (κ3) is 3.59. The summed E-state index contributed by atoms with van der Waals surface area (Å²) in [4.78, 5) is 25.6. The number of nitro benzene ring substituents is 1. The number of thiocarbonyl (C=S) groups is 1. The molecular formula is C20H19N3O4S. The predicted octanol–water partition coefficient (Wildman–Crippen LogP) is 3.87. The molecule has 0 bridgehead atoms. The number of ether oxygens (including phenoxy) is 1. The smallest absolute Gasteiger partial charge is 0.338 e. The van der Waals surface area contributed by atoms with Crippen molar-refractivity contribution in [3.05, 3.63) is 81.5 Å². The molecule has 1 N–H and O–H groups in total. The molecule has 0 aliphatic carbocycles. The Kier molecular flexibility index (Phi) is 5.70. The lowest BCUT2D eigenvalue weighted by atomic mass is 9.93. The molecular weight excluding hydrogens is 378 g/mol. The molecule has 0 radical (unpaired) electrons. The first-order chi connectivity index (χ1) is 13.5. The van der Waals surface area contributed by atoms with Crippen LogP contribution >= 0.6 is 12.2 Å². The van der Waals surface area contributed by atoms with Crippen molar-refractivity contribution in [2.75, 3.05) is 11.5 Å². The normalized spacial score (nSPS) is 16.6. The number of allylic oxidation sites excluding steroid dienone is 1. The molecule has 3 rings (SSSR count). The predicted molar refractivity (Wildman–Crippen MR) is 110 cm³/mol. The molecule has 28 heavy (non-hydrogen) atoms. The quantitative estimate of drug-likeness (QED) is 0.355. The lowest BCUT2D eigenvalue weighted by molar-refractivity contribution is -0.385. The molecule has 0 amide bonds. The summed E-state index contributed by atoms with van der Waals surface area (Å²) < 4.78 is 5.25. The second-order valence-electron chi connectivity index (χ2n) is 6.09. The maximum atomic E-state index is 12.8. The fourth-order valence-electron chi connectivity index (χ4n) is 3.24. The number of nitrogens with zero attached hydrogens (tertiary/aromatic N) is 2. The van der Waals surface area contributed by atoms with Gasteiger partial charge in [0.1, 0.15) is 0 Å². The van der Waals surface area contributed by atoms with Gasteiger partial charge in [0.05, 0.1) is 28.7 Å². The zero-order chi connectivity index (χ0) is 20.3. The van der Waals surface area contributed by atoms with Crippen molar-refractivity contribution in [1.82, 2.24) is 5.32 Å². The first-order valence-electron chi connectivity index (χ1n) is 8.72. The lowest BCUT2D eigenvalue weighted by Gasteiger charge is -2.37. The van der Waals surface area contributed by atoms with Crippen LogP contribution in [0, 0.1) is 10.1 Å². The van der Waals surface area contributed by atoms with Crippen LogP contribution in [-0.2, 0) is 9.53 Å². The summed E-state index contributed by atoms with van der Waals surface area (Å²) >= 11 is 5.54. The van der Waals surface area contributed by atoms with E-state index in [9.17, 15) is 14.9 Å². The first-order valence-corrected chi connectivity index (χ1v) is 9.13. The summed E-state index contributed by atoms with van der Waals surface area (Å²) in [7, 11) is 0. The second kappa shape index (κ2) is 8.18. The third-order valence-corrected chi connectivity index (χ3v) is 4.74. The largest absolute Gasteiger partial charge is 0.463 e. The average Bonchev–Trinajstić information content (AvgIpc) is 2.68. The summed E-state index contributed by atoms with van der Waals surface area (Å²) in [5.74, 6) is -0.543. The van der Waals surface area contributed by atoms with E-state index in [0.717, 1.165) is 5.69 Å². The van der Waals surface area contributed by atoms with Crippen molar-refractivity contribution in [1.29, 1.82) is 0 Å². The van der Waals surface area contributed by atoms with Gasteiger partial charge in [-0.15, -0.1) is 0 Å². The molecule has 1 aliphatic rings. The average molecular weight is 397 g/mol. The third-order valence-electron chi connectivity index (χ3n) is 4.44. The number of nitro groups is 1. The van der Waals surface area contributed by atoms with Crippen LogP contribution in [0.5, 0.6) is 0 Å². The number of hydrogen-bond acceptors (Lipinski definition) is 5. The second-order valence-corrected chi connectivity index (χ2v) is 6.48. The number of rotatable bonds is 5. The topological polar surface area (TPSA) is 84.7 Å². The van der Waals surface area contributed by atoms with E-state index in [2.05, 4.69) is 5.32 Å². The minimum atomic E-state index is -0.784. The van der Waals surface area contributed by atoms with Crippen LogP contribution in [0.25, 0.3) is 0 Å². The highest BCUT2D eigenvalue weighted by molar-refractivity contribution is 7.80. The molecule has 0 aromatic heterocycles. The van der Waals surface area contributed by atoms with E-state index in [4.69, 9.17) is 17.0 Å². The molecule has 2 aromatic rings. The number of esters is 1. The summed E-state index contributed by atoms with van der Waals surface area (Å²) in [6, 6.07) is 14.8. The van der Waals surface area contributed by atoms with Crippen molar-refractivity contribution in [3.8, 4) is 0 Å². The number of nitrogens with one attached hydrogen (secondary N) is 1. The molecule has 0 fully saturated rings. The van der Waals surface area contributed by atoms with Crippen molar-refractivity contribution in [2.45, 2.75) is 19.9 Å². The zero-order valence-corrected chi connectivity index (χ0v) is 16.2. The minimum absolute atomic E-state index is 0.0921. The number of hydrogen-bond donors (Lipinski definition) is 1. The van der Waals surface area contributed by atoms with Crippen LogP contribution in [0.3, 0.4) is 0 Å². The van der Waals surface area contributed by atoms with E-state index < -0.39 is 16.9 Å². The molecule has 1 heterocycles. The molecule has 7 nitrogen and oxygen atoms in total. The highest BCUT2D eigenvalue weighted by Crippen LogP contribution is 2.37. The Morgan fingerprint density at radius 3 is 2.50 bits per heavy atom. The van der Waals surface area contributed by atoms with E-state index in [1.54, 1.807) is 36.9 Å². The standard InChI is InChI=1S/C20H19N3O4S/c1-3-27-19(24)17-13(2)22(14-9-5-4-6-10-14)20(28)21-18(17)15-11-7-8-12-16(15)23(25)26/h4-12,18H,3H2,1-2H3,(H,21,28)/t18-/m1/s1. The Balaban J connectivity index is 2.19. The molecule has 0 saturated carbocycles. The van der Waals surface area contributed by atoms with Gasteiger partial charge in [0.15, 0.2) is 5.11 Å². The molecule has 0 spiro atoms. The van der Waals surface area contributed by atoms with Crippen LogP contribution in [0.1, 0.15) is 25.5 Å². The maximum absolute atomic E-state index is 12.8. The molecule has 0 unspecified atom stereocenters. The highest BCUT2D eigenvalue weighted by Gasteiger charge is 2.38. The number of para-hydroxylation sites is 2. The van der Waals surface area contributed by atoms with E-state index in [-0.39, 0.29) is 17.9 Å². The van der Waals surface area contributed by atoms with Gasteiger partial charge >= 0.3 is 5.97 Å². The Morgan fingerprint density at radius 2 is 1.86 bits per heavy atom. The van der Waals surface area contributed by atoms with Gasteiger partial charge in [-0.05, 0) is 44.3 Å². The zero-order valence-electron chi connectivity index (χ0n) is 15.4. The van der Waals surface area contributed by atoms with E-state index >= 15 is 0 Å². The Bertz CT molecular complexity index is 959. The summed E-state index contributed by atoms with van der Waals surface area (Å²) in [6.07, 6.45) is 0. The summed E-state index contributed by atoms with van der Waals surface area (Å²) in [5.41, 5.74) is 1.89. The summed E-state index contributed by atoms with van der Waals surface area (Å²) in [5, 5.41) is 15.0. The van der Waals surface area contributed by atoms with Gasteiger partial charge in [-0.2, -0.15) is 0 Å². The van der Waals surface area contributed by atoms with Gasteiger partial charge in [0.25, 0.3) is 5.69 Å². The molecule has 2 aromatic carbocycles. The van der Waals surface area contributed by atoms with Crippen LogP contribution in [-0.4, -0.2) is 22.6 Å². The van der Waals surface area contributed by atoms with E-state index in [1.165, 1.54) is 6.07 Å². The number of anilines is 1. The molecule has 1 aliphatic heterocycles. The fourth-order valence-corrected chi connectivity index (χ4v) is 3.60. The monoisotopic (exact) mass is 397 g/mol. The molecule has 8 heteroatoms. The Labute approximate surface area is 167 Å². The van der Waals surface area contributed by atoms with Crippen LogP contribution < -0.4 is 10.2 Å². The summed E-state index contributed by atoms with van der Waals surface area (Å²) in [6.45, 7) is 3.66. The van der Waals surface area contributed by atoms with Gasteiger partial charge < -0.3 is 10.1 Å². The van der Waals surface area contributed by atoms with Crippen molar-refractivity contribution < 1.29 is 14.5 Å². The number of benzene rings is 2. The molecule has 1 atom stereocenters. The van der Waals surface area contributed by atoms with Gasteiger partial charge in [0.2, 0.25) is 0 Å². The maximum Gasteiger partial charge on any atom is 0.338 e. The molecule has 0 saturated heterocycles.